The van der Waals surface area contributed by atoms with Crippen LogP contribution in [0.2, 0.25) is 0 Å². The van der Waals surface area contributed by atoms with E-state index in [-0.39, 0.29) is 17.9 Å². The van der Waals surface area contributed by atoms with Gasteiger partial charge in [0, 0.05) is 30.6 Å². The van der Waals surface area contributed by atoms with Crippen molar-refractivity contribution in [1.82, 2.24) is 9.88 Å². The lowest BCUT2D eigenvalue weighted by molar-refractivity contribution is -0.123. The fourth-order valence-corrected chi connectivity index (χ4v) is 3.69. The standard InChI is InChI=1S/C16H23N3O2S/c1-18-8-9-21-14(11-18)12-19(16-17-7-10-22-16)15(20)13-5-3-2-4-6-13/h2-3,7,10,13-14H,4-6,8-9,11-12H2,1H3. The van der Waals surface area contributed by atoms with Crippen molar-refractivity contribution in [1.29, 1.82) is 0 Å². The average molecular weight is 321 g/mol. The van der Waals surface area contributed by atoms with Crippen molar-refractivity contribution in [2.24, 2.45) is 5.92 Å². The zero-order chi connectivity index (χ0) is 15.4. The van der Waals surface area contributed by atoms with E-state index in [4.69, 9.17) is 4.74 Å². The van der Waals surface area contributed by atoms with Gasteiger partial charge in [-0.3, -0.25) is 9.69 Å². The summed E-state index contributed by atoms with van der Waals surface area (Å²) in [6, 6.07) is 0. The Balaban J connectivity index is 1.72. The van der Waals surface area contributed by atoms with E-state index in [0.717, 1.165) is 44.1 Å². The van der Waals surface area contributed by atoms with E-state index in [9.17, 15) is 4.79 Å². The summed E-state index contributed by atoms with van der Waals surface area (Å²) in [5.74, 6) is 0.270. The molecule has 2 unspecified atom stereocenters. The van der Waals surface area contributed by atoms with E-state index in [2.05, 4.69) is 29.1 Å². The molecule has 0 bridgehead atoms. The molecule has 1 aliphatic heterocycles. The maximum absolute atomic E-state index is 12.9. The van der Waals surface area contributed by atoms with Crippen molar-refractivity contribution >= 4 is 22.4 Å². The summed E-state index contributed by atoms with van der Waals surface area (Å²) >= 11 is 1.52. The Kier molecular flexibility index (Phi) is 5.23. The quantitative estimate of drug-likeness (QED) is 0.797. The summed E-state index contributed by atoms with van der Waals surface area (Å²) in [5.41, 5.74) is 0. The molecule has 6 heteroatoms. The number of likely N-dealkylation sites (N-methyl/N-ethyl adjacent to an activating group) is 1. The zero-order valence-electron chi connectivity index (χ0n) is 13.0. The molecular weight excluding hydrogens is 298 g/mol. The zero-order valence-corrected chi connectivity index (χ0v) is 13.8. The number of aromatic nitrogens is 1. The molecule has 3 rings (SSSR count). The predicted octanol–water partition coefficient (Wildman–Crippen LogP) is 2.16. The van der Waals surface area contributed by atoms with Gasteiger partial charge in [-0.25, -0.2) is 4.98 Å². The molecule has 0 N–H and O–H groups in total. The van der Waals surface area contributed by atoms with Crippen LogP contribution < -0.4 is 4.90 Å². The van der Waals surface area contributed by atoms with Crippen LogP contribution in [0.5, 0.6) is 0 Å². The van der Waals surface area contributed by atoms with Crippen molar-refractivity contribution in [3.63, 3.8) is 0 Å². The van der Waals surface area contributed by atoms with Crippen molar-refractivity contribution in [3.8, 4) is 0 Å². The molecular formula is C16H23N3O2S. The van der Waals surface area contributed by atoms with Crippen LogP contribution in [0.25, 0.3) is 0 Å². The van der Waals surface area contributed by atoms with Gasteiger partial charge in [-0.1, -0.05) is 12.2 Å². The second kappa shape index (κ2) is 7.35. The Morgan fingerprint density at radius 1 is 1.55 bits per heavy atom. The molecule has 1 aliphatic carbocycles. The number of morpholine rings is 1. The summed E-state index contributed by atoms with van der Waals surface area (Å²) in [5, 5.41) is 2.71. The lowest BCUT2D eigenvalue weighted by Crippen LogP contribution is -2.49. The number of carbonyl (C=O) groups excluding carboxylic acids is 1. The molecule has 1 saturated heterocycles. The topological polar surface area (TPSA) is 45.7 Å². The number of thiazole rings is 1. The van der Waals surface area contributed by atoms with Crippen molar-refractivity contribution in [2.75, 3.05) is 38.2 Å². The van der Waals surface area contributed by atoms with Gasteiger partial charge in [0.15, 0.2) is 5.13 Å². The molecule has 1 fully saturated rings. The molecule has 0 saturated carbocycles. The largest absolute Gasteiger partial charge is 0.374 e. The number of hydrogen-bond acceptors (Lipinski definition) is 5. The minimum Gasteiger partial charge on any atom is -0.374 e. The second-order valence-corrected chi connectivity index (χ2v) is 6.87. The van der Waals surface area contributed by atoms with Crippen molar-refractivity contribution in [3.05, 3.63) is 23.7 Å². The van der Waals surface area contributed by atoms with Crippen molar-refractivity contribution in [2.45, 2.75) is 25.4 Å². The summed E-state index contributed by atoms with van der Waals surface area (Å²) in [6.45, 7) is 3.14. The van der Waals surface area contributed by atoms with Crippen LogP contribution >= 0.6 is 11.3 Å². The molecule has 2 atom stereocenters. The van der Waals surface area contributed by atoms with E-state index in [0.29, 0.717) is 6.54 Å². The molecule has 1 amide bonds. The molecule has 0 spiro atoms. The molecule has 5 nitrogen and oxygen atoms in total. The van der Waals surface area contributed by atoms with Crippen LogP contribution in [-0.4, -0.2) is 55.2 Å². The molecule has 120 valence electrons. The van der Waals surface area contributed by atoms with Gasteiger partial charge in [-0.2, -0.15) is 0 Å². The normalized spacial score (nSPS) is 26.0. The van der Waals surface area contributed by atoms with E-state index >= 15 is 0 Å². The van der Waals surface area contributed by atoms with Gasteiger partial charge in [0.1, 0.15) is 0 Å². The Morgan fingerprint density at radius 2 is 2.45 bits per heavy atom. The number of ether oxygens (including phenoxy) is 1. The van der Waals surface area contributed by atoms with Gasteiger partial charge in [0.25, 0.3) is 0 Å². The van der Waals surface area contributed by atoms with Crippen LogP contribution in [0, 0.1) is 5.92 Å². The third-order valence-corrected chi connectivity index (χ3v) is 5.06. The first-order valence-corrected chi connectivity index (χ1v) is 8.78. The smallest absolute Gasteiger partial charge is 0.232 e. The predicted molar refractivity (Wildman–Crippen MR) is 88.2 cm³/mol. The van der Waals surface area contributed by atoms with Crippen molar-refractivity contribution < 1.29 is 9.53 Å². The Labute approximate surface area is 135 Å². The van der Waals surface area contributed by atoms with Gasteiger partial charge in [-0.05, 0) is 26.3 Å². The minimum absolute atomic E-state index is 0.0609. The van der Waals surface area contributed by atoms with Gasteiger partial charge >= 0.3 is 0 Å². The number of anilines is 1. The highest BCUT2D eigenvalue weighted by Gasteiger charge is 2.30. The summed E-state index contributed by atoms with van der Waals surface area (Å²) in [4.78, 5) is 21.4. The maximum atomic E-state index is 12.9. The van der Waals surface area contributed by atoms with Crippen LogP contribution in [0.4, 0.5) is 5.13 Å². The van der Waals surface area contributed by atoms with E-state index in [1.54, 1.807) is 6.20 Å². The molecule has 0 radical (unpaired) electrons. The highest BCUT2D eigenvalue weighted by Crippen LogP contribution is 2.26. The first kappa shape index (κ1) is 15.6. The Morgan fingerprint density at radius 3 is 3.14 bits per heavy atom. The Hall–Kier alpha value is -1.24. The highest BCUT2D eigenvalue weighted by molar-refractivity contribution is 7.13. The summed E-state index contributed by atoms with van der Waals surface area (Å²) < 4.78 is 5.84. The minimum atomic E-state index is 0.0609. The van der Waals surface area contributed by atoms with Crippen LogP contribution in [0.15, 0.2) is 23.7 Å². The second-order valence-electron chi connectivity index (χ2n) is 6.00. The van der Waals surface area contributed by atoms with Gasteiger partial charge in [-0.15, -0.1) is 11.3 Å². The van der Waals surface area contributed by atoms with Gasteiger partial charge in [0.05, 0.1) is 19.3 Å². The van der Waals surface area contributed by atoms with Gasteiger partial charge in [0.2, 0.25) is 5.91 Å². The number of hydrogen-bond donors (Lipinski definition) is 0. The SMILES string of the molecule is CN1CCOC(CN(C(=O)C2CC=CCC2)c2nccs2)C1. The lowest BCUT2D eigenvalue weighted by Gasteiger charge is -2.34. The number of nitrogens with zero attached hydrogens (tertiary/aromatic N) is 3. The number of carbonyl (C=O) groups is 1. The molecule has 22 heavy (non-hydrogen) atoms. The molecule has 1 aromatic rings. The fraction of sp³-hybridized carbons (Fsp3) is 0.625. The molecule has 2 aliphatic rings. The number of allylic oxidation sites excluding steroid dienone is 2. The monoisotopic (exact) mass is 321 g/mol. The first-order valence-electron chi connectivity index (χ1n) is 7.90. The summed E-state index contributed by atoms with van der Waals surface area (Å²) in [7, 11) is 2.09. The molecule has 0 aromatic carbocycles. The van der Waals surface area contributed by atoms with Crippen LogP contribution in [0.3, 0.4) is 0 Å². The maximum Gasteiger partial charge on any atom is 0.232 e. The highest BCUT2D eigenvalue weighted by atomic mass is 32.1. The third kappa shape index (κ3) is 3.74. The van der Waals surface area contributed by atoms with Crippen LogP contribution in [0.1, 0.15) is 19.3 Å². The van der Waals surface area contributed by atoms with Gasteiger partial charge < -0.3 is 9.64 Å². The third-order valence-electron chi connectivity index (χ3n) is 4.26. The van der Waals surface area contributed by atoms with E-state index in [1.165, 1.54) is 11.3 Å². The Bertz CT molecular complexity index is 517. The van der Waals surface area contributed by atoms with Crippen LogP contribution in [-0.2, 0) is 9.53 Å². The van der Waals surface area contributed by atoms with E-state index in [1.807, 2.05) is 10.3 Å². The first-order chi connectivity index (χ1) is 10.7. The number of amides is 1. The summed E-state index contributed by atoms with van der Waals surface area (Å²) in [6.07, 6.45) is 8.87. The molecule has 1 aromatic heterocycles. The number of rotatable bonds is 4. The lowest BCUT2D eigenvalue weighted by atomic mass is 9.93. The average Bonchev–Trinajstić information content (AvgIpc) is 3.07. The fourth-order valence-electron chi connectivity index (χ4n) is 3.03. The molecule has 2 heterocycles. The van der Waals surface area contributed by atoms with E-state index < -0.39 is 0 Å².